The van der Waals surface area contributed by atoms with Crippen molar-refractivity contribution in [3.63, 3.8) is 0 Å². The summed E-state index contributed by atoms with van der Waals surface area (Å²) in [4.78, 5) is 34.4. The highest BCUT2D eigenvalue weighted by molar-refractivity contribution is 5.97. The molecule has 204 valence electrons. The summed E-state index contributed by atoms with van der Waals surface area (Å²) in [7, 11) is 1.79. The van der Waals surface area contributed by atoms with E-state index in [1.165, 1.54) is 12.1 Å². The smallest absolute Gasteiger partial charge is 0.417 e. The van der Waals surface area contributed by atoms with Gasteiger partial charge in [-0.2, -0.15) is 13.2 Å². The molecule has 0 aliphatic carbocycles. The summed E-state index contributed by atoms with van der Waals surface area (Å²) in [5, 5.41) is 2.73. The van der Waals surface area contributed by atoms with Crippen LogP contribution < -0.4 is 15.0 Å². The molecule has 3 aromatic rings. The van der Waals surface area contributed by atoms with E-state index >= 15 is 0 Å². The van der Waals surface area contributed by atoms with E-state index < -0.39 is 29.3 Å². The third-order valence-corrected chi connectivity index (χ3v) is 7.44. The van der Waals surface area contributed by atoms with Crippen molar-refractivity contribution < 1.29 is 27.5 Å². The molecule has 10 heteroatoms. The zero-order chi connectivity index (χ0) is 27.6. The fourth-order valence-corrected chi connectivity index (χ4v) is 5.28. The number of aromatic nitrogens is 1. The van der Waals surface area contributed by atoms with Crippen molar-refractivity contribution in [2.24, 2.45) is 0 Å². The minimum atomic E-state index is -4.65. The first kappa shape index (κ1) is 26.5. The van der Waals surface area contributed by atoms with Gasteiger partial charge in [-0.05, 0) is 55.3 Å². The molecule has 1 N–H and O–H groups in total. The number of rotatable bonds is 5. The summed E-state index contributed by atoms with van der Waals surface area (Å²) in [6.07, 6.45) is 0.878. The molecule has 39 heavy (non-hydrogen) atoms. The number of nitrogens with one attached hydrogen (secondary N) is 1. The van der Waals surface area contributed by atoms with E-state index in [9.17, 15) is 22.8 Å². The third kappa shape index (κ3) is 5.69. The SMILES string of the molecule is CN(C(=O)c1ccc2c(c1)C(NC(=O)c1ccccc1C(F)(F)F)CCO2)C1CCN(c2ccncc2)CC1. The molecule has 1 fully saturated rings. The highest BCUT2D eigenvalue weighted by atomic mass is 19.4. The Kier molecular flexibility index (Phi) is 7.45. The van der Waals surface area contributed by atoms with Crippen molar-refractivity contribution in [1.29, 1.82) is 0 Å². The first-order chi connectivity index (χ1) is 18.7. The highest BCUT2D eigenvalue weighted by Gasteiger charge is 2.36. The maximum Gasteiger partial charge on any atom is 0.417 e. The van der Waals surface area contributed by atoms with Crippen LogP contribution in [0.2, 0.25) is 0 Å². The molecule has 1 atom stereocenters. The lowest BCUT2D eigenvalue weighted by atomic mass is 9.96. The molecule has 5 rings (SSSR count). The Morgan fingerprint density at radius 1 is 1.03 bits per heavy atom. The van der Waals surface area contributed by atoms with Crippen LogP contribution in [0.25, 0.3) is 0 Å². The van der Waals surface area contributed by atoms with E-state index in [1.54, 1.807) is 42.5 Å². The number of benzene rings is 2. The Labute approximate surface area is 224 Å². The lowest BCUT2D eigenvalue weighted by Crippen LogP contribution is -2.45. The first-order valence-corrected chi connectivity index (χ1v) is 12.9. The van der Waals surface area contributed by atoms with Gasteiger partial charge in [-0.1, -0.05) is 12.1 Å². The van der Waals surface area contributed by atoms with Crippen molar-refractivity contribution >= 4 is 17.5 Å². The molecule has 2 amide bonds. The summed E-state index contributed by atoms with van der Waals surface area (Å²) in [6, 6.07) is 13.2. The molecule has 3 heterocycles. The van der Waals surface area contributed by atoms with Gasteiger partial charge in [0, 0.05) is 61.8 Å². The normalized spacial score (nSPS) is 17.6. The third-order valence-electron chi connectivity index (χ3n) is 7.44. The van der Waals surface area contributed by atoms with Gasteiger partial charge in [-0.25, -0.2) is 0 Å². The summed E-state index contributed by atoms with van der Waals surface area (Å²) in [5.74, 6) is -0.477. The molecular formula is C29H29F3N4O3. The Hall–Kier alpha value is -4.08. The van der Waals surface area contributed by atoms with Gasteiger partial charge in [-0.3, -0.25) is 14.6 Å². The standard InChI is InChI=1S/C29H29F3N4O3/c1-35(20-10-15-36(16-11-20)21-8-13-33-14-9-21)28(38)19-6-7-26-23(18-19)25(12-17-39-26)34-27(37)22-4-2-3-5-24(22)29(30,31)32/h2-9,13-14,18,20,25H,10-12,15-17H2,1H3,(H,34,37). The summed E-state index contributed by atoms with van der Waals surface area (Å²) in [5.41, 5.74) is 0.690. The summed E-state index contributed by atoms with van der Waals surface area (Å²) < 4.78 is 46.1. The Morgan fingerprint density at radius 2 is 1.74 bits per heavy atom. The van der Waals surface area contributed by atoms with Crippen LogP contribution in [0.3, 0.4) is 0 Å². The molecule has 0 radical (unpaired) electrons. The molecule has 2 aliphatic heterocycles. The number of ether oxygens (including phenoxy) is 1. The predicted octanol–water partition coefficient (Wildman–Crippen LogP) is 5.10. The monoisotopic (exact) mass is 538 g/mol. The molecule has 2 aliphatic rings. The average molecular weight is 539 g/mol. The van der Waals surface area contributed by atoms with Gasteiger partial charge in [0.15, 0.2) is 0 Å². The molecule has 2 aromatic carbocycles. The van der Waals surface area contributed by atoms with Crippen molar-refractivity contribution in [3.8, 4) is 5.75 Å². The number of halogens is 3. The second-order valence-electron chi connectivity index (χ2n) is 9.80. The Balaban J connectivity index is 1.29. The number of fused-ring (bicyclic) bond motifs is 1. The lowest BCUT2D eigenvalue weighted by Gasteiger charge is -2.38. The highest BCUT2D eigenvalue weighted by Crippen LogP contribution is 2.35. The number of amides is 2. The van der Waals surface area contributed by atoms with E-state index in [2.05, 4.69) is 15.2 Å². The van der Waals surface area contributed by atoms with Gasteiger partial charge >= 0.3 is 6.18 Å². The number of anilines is 1. The van der Waals surface area contributed by atoms with Crippen molar-refractivity contribution in [3.05, 3.63) is 89.2 Å². The minimum Gasteiger partial charge on any atom is -0.493 e. The van der Waals surface area contributed by atoms with E-state index in [4.69, 9.17) is 4.74 Å². The number of carbonyl (C=O) groups is 2. The van der Waals surface area contributed by atoms with E-state index in [1.807, 2.05) is 12.1 Å². The Bertz CT molecular complexity index is 1340. The van der Waals surface area contributed by atoms with E-state index in [-0.39, 0.29) is 11.9 Å². The number of piperidine rings is 1. The maximum absolute atomic E-state index is 13.5. The largest absolute Gasteiger partial charge is 0.493 e. The number of pyridine rings is 1. The van der Waals surface area contributed by atoms with Crippen LogP contribution in [0.5, 0.6) is 5.75 Å². The van der Waals surface area contributed by atoms with Crippen LogP contribution in [0.15, 0.2) is 67.0 Å². The van der Waals surface area contributed by atoms with E-state index in [0.29, 0.717) is 29.9 Å². The lowest BCUT2D eigenvalue weighted by molar-refractivity contribution is -0.137. The Morgan fingerprint density at radius 3 is 2.46 bits per heavy atom. The van der Waals surface area contributed by atoms with Gasteiger partial charge < -0.3 is 19.9 Å². The molecular weight excluding hydrogens is 509 g/mol. The number of carbonyl (C=O) groups excluding carboxylic acids is 2. The van der Waals surface area contributed by atoms with E-state index in [0.717, 1.165) is 43.8 Å². The van der Waals surface area contributed by atoms with Crippen LogP contribution in [0, 0.1) is 0 Å². The maximum atomic E-state index is 13.5. The van der Waals surface area contributed by atoms with Crippen molar-refractivity contribution in [2.45, 2.75) is 37.5 Å². The summed E-state index contributed by atoms with van der Waals surface area (Å²) >= 11 is 0. The molecule has 0 bridgehead atoms. The molecule has 0 spiro atoms. The molecule has 1 saturated heterocycles. The zero-order valence-electron chi connectivity index (χ0n) is 21.4. The van der Waals surface area contributed by atoms with Crippen LogP contribution >= 0.6 is 0 Å². The van der Waals surface area contributed by atoms with Crippen LogP contribution in [0.1, 0.15) is 57.1 Å². The van der Waals surface area contributed by atoms with Gasteiger partial charge in [0.1, 0.15) is 5.75 Å². The fourth-order valence-electron chi connectivity index (χ4n) is 5.28. The predicted molar refractivity (Wildman–Crippen MR) is 140 cm³/mol. The second kappa shape index (κ2) is 11.0. The quantitative estimate of drug-likeness (QED) is 0.490. The van der Waals surface area contributed by atoms with Crippen LogP contribution in [0.4, 0.5) is 18.9 Å². The molecule has 1 unspecified atom stereocenters. The number of hydrogen-bond donors (Lipinski definition) is 1. The van der Waals surface area contributed by atoms with Gasteiger partial charge in [0.05, 0.1) is 23.8 Å². The van der Waals surface area contributed by atoms with Crippen molar-refractivity contribution in [1.82, 2.24) is 15.2 Å². The number of hydrogen-bond acceptors (Lipinski definition) is 5. The first-order valence-electron chi connectivity index (χ1n) is 12.9. The van der Waals surface area contributed by atoms with Crippen LogP contribution in [-0.4, -0.2) is 54.5 Å². The summed E-state index contributed by atoms with van der Waals surface area (Å²) in [6.45, 7) is 1.93. The van der Waals surface area contributed by atoms with Gasteiger partial charge in [0.25, 0.3) is 11.8 Å². The molecule has 7 nitrogen and oxygen atoms in total. The average Bonchev–Trinajstić information content (AvgIpc) is 2.96. The number of alkyl halides is 3. The van der Waals surface area contributed by atoms with Crippen molar-refractivity contribution in [2.75, 3.05) is 31.6 Å². The number of nitrogens with zero attached hydrogens (tertiary/aromatic N) is 3. The van der Waals surface area contributed by atoms with Gasteiger partial charge in [-0.15, -0.1) is 0 Å². The second-order valence-corrected chi connectivity index (χ2v) is 9.80. The van der Waals surface area contributed by atoms with Crippen LogP contribution in [-0.2, 0) is 6.18 Å². The fraction of sp³-hybridized carbons (Fsp3) is 0.345. The topological polar surface area (TPSA) is 74.8 Å². The zero-order valence-corrected chi connectivity index (χ0v) is 21.4. The minimum absolute atomic E-state index is 0.0669. The van der Waals surface area contributed by atoms with Gasteiger partial charge in [0.2, 0.25) is 0 Å². The molecule has 0 saturated carbocycles. The molecule has 1 aromatic heterocycles.